The predicted octanol–water partition coefficient (Wildman–Crippen LogP) is 3.16. The molecule has 0 unspecified atom stereocenters. The first-order valence-electron chi connectivity index (χ1n) is 8.82. The average Bonchev–Trinajstić information content (AvgIpc) is 3.24. The van der Waals surface area contributed by atoms with Crippen molar-refractivity contribution in [3.05, 3.63) is 47.3 Å². The lowest BCUT2D eigenvalue weighted by Crippen LogP contribution is -2.27. The van der Waals surface area contributed by atoms with E-state index in [4.69, 9.17) is 4.42 Å². The Balaban J connectivity index is 1.39. The lowest BCUT2D eigenvalue weighted by molar-refractivity contribution is -0.118. The molecule has 3 aromatic rings. The van der Waals surface area contributed by atoms with Crippen LogP contribution in [0.5, 0.6) is 0 Å². The van der Waals surface area contributed by atoms with Gasteiger partial charge in [-0.25, -0.2) is 0 Å². The summed E-state index contributed by atoms with van der Waals surface area (Å²) in [6, 6.07) is 9.90. The first-order valence-corrected chi connectivity index (χ1v) is 9.81. The van der Waals surface area contributed by atoms with Crippen LogP contribution in [0.25, 0.3) is 11.5 Å². The monoisotopic (exact) mass is 385 g/mol. The summed E-state index contributed by atoms with van der Waals surface area (Å²) in [7, 11) is 0. The zero-order valence-corrected chi connectivity index (χ0v) is 16.5. The van der Waals surface area contributed by atoms with Crippen LogP contribution in [0.15, 0.2) is 40.0 Å². The maximum atomic E-state index is 12.0. The van der Waals surface area contributed by atoms with Crippen LogP contribution in [0.2, 0.25) is 0 Å². The van der Waals surface area contributed by atoms with Crippen LogP contribution in [-0.4, -0.2) is 38.2 Å². The molecule has 7 nitrogen and oxygen atoms in total. The smallest absolute Gasteiger partial charge is 0.277 e. The van der Waals surface area contributed by atoms with Gasteiger partial charge in [0, 0.05) is 24.3 Å². The highest BCUT2D eigenvalue weighted by atomic mass is 32.2. The molecule has 2 heterocycles. The number of aromatic nitrogens is 4. The molecular weight excluding hydrogens is 362 g/mol. The molecule has 8 heteroatoms. The molecule has 27 heavy (non-hydrogen) atoms. The first kappa shape index (κ1) is 19.2. The van der Waals surface area contributed by atoms with E-state index in [0.717, 1.165) is 29.9 Å². The SMILES string of the molecule is Cc1ccc(-c2nnc(SCC(=O)NCCCn3nc(C)cc3C)o2)cc1. The van der Waals surface area contributed by atoms with Gasteiger partial charge in [0.15, 0.2) is 0 Å². The third-order valence-electron chi connectivity index (χ3n) is 4.00. The fourth-order valence-electron chi connectivity index (χ4n) is 2.62. The molecule has 1 N–H and O–H groups in total. The number of nitrogens with one attached hydrogen (secondary N) is 1. The van der Waals surface area contributed by atoms with Crippen LogP contribution >= 0.6 is 11.8 Å². The fourth-order valence-corrected chi connectivity index (χ4v) is 3.21. The summed E-state index contributed by atoms with van der Waals surface area (Å²) in [6.45, 7) is 7.43. The normalized spacial score (nSPS) is 10.9. The molecule has 0 bridgehead atoms. The largest absolute Gasteiger partial charge is 0.411 e. The van der Waals surface area contributed by atoms with Gasteiger partial charge in [-0.05, 0) is 45.4 Å². The van der Waals surface area contributed by atoms with Crippen molar-refractivity contribution >= 4 is 17.7 Å². The van der Waals surface area contributed by atoms with Crippen molar-refractivity contribution in [1.29, 1.82) is 0 Å². The summed E-state index contributed by atoms with van der Waals surface area (Å²) in [5.74, 6) is 0.654. The van der Waals surface area contributed by atoms with Gasteiger partial charge in [-0.2, -0.15) is 5.10 Å². The summed E-state index contributed by atoms with van der Waals surface area (Å²) in [5, 5.41) is 15.7. The maximum Gasteiger partial charge on any atom is 0.277 e. The van der Waals surface area contributed by atoms with Gasteiger partial charge in [-0.3, -0.25) is 9.48 Å². The Morgan fingerprint density at radius 1 is 1.19 bits per heavy atom. The van der Waals surface area contributed by atoms with Crippen LogP contribution in [0, 0.1) is 20.8 Å². The van der Waals surface area contributed by atoms with Crippen LogP contribution in [-0.2, 0) is 11.3 Å². The molecule has 0 radical (unpaired) electrons. The lowest BCUT2D eigenvalue weighted by Gasteiger charge is -2.06. The van der Waals surface area contributed by atoms with E-state index in [-0.39, 0.29) is 11.7 Å². The molecule has 0 aliphatic rings. The second-order valence-corrected chi connectivity index (χ2v) is 7.31. The highest BCUT2D eigenvalue weighted by Crippen LogP contribution is 2.23. The van der Waals surface area contributed by atoms with Gasteiger partial charge in [0.1, 0.15) is 0 Å². The molecule has 0 saturated carbocycles. The number of carbonyl (C=O) groups is 1. The molecule has 1 aromatic carbocycles. The second-order valence-electron chi connectivity index (χ2n) is 6.38. The van der Waals surface area contributed by atoms with E-state index in [0.29, 0.717) is 17.7 Å². The third-order valence-corrected chi connectivity index (χ3v) is 4.82. The van der Waals surface area contributed by atoms with Crippen molar-refractivity contribution < 1.29 is 9.21 Å². The standard InChI is InChI=1S/C19H23N5O2S/c1-13-5-7-16(8-6-13)18-21-22-19(26-18)27-12-17(25)20-9-4-10-24-15(3)11-14(2)23-24/h5-8,11H,4,9-10,12H2,1-3H3,(H,20,25). The summed E-state index contributed by atoms with van der Waals surface area (Å²) in [6.07, 6.45) is 0.830. The zero-order chi connectivity index (χ0) is 19.2. The molecule has 0 atom stereocenters. The number of carbonyl (C=O) groups excluding carboxylic acids is 1. The highest BCUT2D eigenvalue weighted by molar-refractivity contribution is 7.99. The van der Waals surface area contributed by atoms with Crippen LogP contribution in [0.4, 0.5) is 0 Å². The Bertz CT molecular complexity index is 901. The fraction of sp³-hybridized carbons (Fsp3) is 0.368. The Kier molecular flexibility index (Phi) is 6.28. The van der Waals surface area contributed by atoms with Gasteiger partial charge in [0.05, 0.1) is 11.4 Å². The van der Waals surface area contributed by atoms with Crippen molar-refractivity contribution in [2.45, 2.75) is 39.0 Å². The van der Waals surface area contributed by atoms with Crippen molar-refractivity contribution in [2.75, 3.05) is 12.3 Å². The maximum absolute atomic E-state index is 12.0. The molecule has 0 saturated heterocycles. The van der Waals surface area contributed by atoms with E-state index < -0.39 is 0 Å². The second kappa shape index (κ2) is 8.85. The predicted molar refractivity (Wildman–Crippen MR) is 105 cm³/mol. The van der Waals surface area contributed by atoms with E-state index in [1.165, 1.54) is 17.3 Å². The minimum absolute atomic E-state index is 0.0524. The number of aryl methyl sites for hydroxylation is 4. The Hall–Kier alpha value is -2.61. The number of rotatable bonds is 8. The van der Waals surface area contributed by atoms with Gasteiger partial charge in [-0.1, -0.05) is 29.5 Å². The van der Waals surface area contributed by atoms with Gasteiger partial charge >= 0.3 is 0 Å². The van der Waals surface area contributed by atoms with E-state index in [2.05, 4.69) is 20.6 Å². The molecule has 2 aromatic heterocycles. The number of amides is 1. The van der Waals surface area contributed by atoms with Crippen LogP contribution in [0.3, 0.4) is 0 Å². The number of hydrogen-bond donors (Lipinski definition) is 1. The summed E-state index contributed by atoms with van der Waals surface area (Å²) in [5.41, 5.74) is 4.18. The molecular formula is C19H23N5O2S. The van der Waals surface area contributed by atoms with Crippen LogP contribution < -0.4 is 5.32 Å². The zero-order valence-electron chi connectivity index (χ0n) is 15.7. The topological polar surface area (TPSA) is 85.8 Å². The van der Waals surface area contributed by atoms with E-state index in [1.807, 2.05) is 55.8 Å². The van der Waals surface area contributed by atoms with E-state index in [1.54, 1.807) is 0 Å². The Labute approximate surface area is 162 Å². The third kappa shape index (κ3) is 5.43. The van der Waals surface area contributed by atoms with E-state index in [9.17, 15) is 4.79 Å². The summed E-state index contributed by atoms with van der Waals surface area (Å²) in [4.78, 5) is 12.0. The highest BCUT2D eigenvalue weighted by Gasteiger charge is 2.11. The van der Waals surface area contributed by atoms with Crippen molar-refractivity contribution in [1.82, 2.24) is 25.3 Å². The molecule has 3 rings (SSSR count). The molecule has 1 amide bonds. The van der Waals surface area contributed by atoms with Gasteiger partial charge < -0.3 is 9.73 Å². The van der Waals surface area contributed by atoms with Gasteiger partial charge in [-0.15, -0.1) is 10.2 Å². The minimum Gasteiger partial charge on any atom is -0.411 e. The Morgan fingerprint density at radius 2 is 1.96 bits per heavy atom. The van der Waals surface area contributed by atoms with Gasteiger partial charge in [0.2, 0.25) is 11.8 Å². The number of hydrogen-bond acceptors (Lipinski definition) is 6. The number of benzene rings is 1. The molecule has 0 spiro atoms. The first-order chi connectivity index (χ1) is 13.0. The molecule has 0 fully saturated rings. The number of nitrogens with zero attached hydrogens (tertiary/aromatic N) is 4. The summed E-state index contributed by atoms with van der Waals surface area (Å²) >= 11 is 1.24. The van der Waals surface area contributed by atoms with Crippen molar-refractivity contribution in [2.24, 2.45) is 0 Å². The van der Waals surface area contributed by atoms with E-state index >= 15 is 0 Å². The summed E-state index contributed by atoms with van der Waals surface area (Å²) < 4.78 is 7.57. The minimum atomic E-state index is -0.0524. The van der Waals surface area contributed by atoms with Crippen molar-refractivity contribution in [3.8, 4) is 11.5 Å². The average molecular weight is 385 g/mol. The lowest BCUT2D eigenvalue weighted by atomic mass is 10.1. The number of thioether (sulfide) groups is 1. The Morgan fingerprint density at radius 3 is 2.67 bits per heavy atom. The molecule has 142 valence electrons. The quantitative estimate of drug-likeness (QED) is 0.473. The van der Waals surface area contributed by atoms with Crippen LogP contribution in [0.1, 0.15) is 23.4 Å². The van der Waals surface area contributed by atoms with Crippen molar-refractivity contribution in [3.63, 3.8) is 0 Å². The molecule has 0 aliphatic carbocycles. The molecule has 0 aliphatic heterocycles. The van der Waals surface area contributed by atoms with Gasteiger partial charge in [0.25, 0.3) is 5.22 Å².